The van der Waals surface area contributed by atoms with Crippen molar-refractivity contribution in [2.24, 2.45) is 0 Å². The van der Waals surface area contributed by atoms with Crippen molar-refractivity contribution >= 4 is 46.2 Å². The number of hydrogen-bond acceptors (Lipinski definition) is 9. The number of anilines is 5. The molecule has 4 rings (SSSR count). The van der Waals surface area contributed by atoms with E-state index in [4.69, 9.17) is 25.9 Å². The number of nitrogens with one attached hydrogen (secondary N) is 2. The average Bonchev–Trinajstić information content (AvgIpc) is 3.43. The molecule has 0 unspecified atom stereocenters. The minimum absolute atomic E-state index is 0.0483. The molecule has 0 aliphatic carbocycles. The van der Waals surface area contributed by atoms with Gasteiger partial charge in [0.15, 0.2) is 5.82 Å². The zero-order valence-corrected chi connectivity index (χ0v) is 22.7. The highest BCUT2D eigenvalue weighted by Crippen LogP contribution is 2.39. The highest BCUT2D eigenvalue weighted by atomic mass is 35.5. The van der Waals surface area contributed by atoms with Crippen molar-refractivity contribution < 1.29 is 23.5 Å². The van der Waals surface area contributed by atoms with E-state index in [0.717, 1.165) is 11.3 Å². The third kappa shape index (κ3) is 6.56. The summed E-state index contributed by atoms with van der Waals surface area (Å²) < 4.78 is 24.6. The molecule has 0 spiro atoms. The maximum Gasteiger partial charge on any atom is 0.247 e. The number of methoxy groups -OCH3 is 2. The number of carbonyl (C=O) groups is 1. The molecule has 2 heterocycles. The van der Waals surface area contributed by atoms with E-state index in [9.17, 15) is 9.18 Å². The maximum atomic E-state index is 13.7. The van der Waals surface area contributed by atoms with Crippen molar-refractivity contribution in [2.75, 3.05) is 61.6 Å². The predicted octanol–water partition coefficient (Wildman–Crippen LogP) is 5.11. The zero-order valence-electron chi connectivity index (χ0n) is 21.9. The second-order valence-electron chi connectivity index (χ2n) is 8.70. The number of halogens is 2. The number of rotatable bonds is 11. The van der Waals surface area contributed by atoms with Gasteiger partial charge >= 0.3 is 0 Å². The standard InChI is InChI=1S/C27H30ClFN6O4/c1-5-27(36)33-20-13-21(24(38-4)14-23(20)34(2)9-11-37-3)32-25-15-26(31-16-30-25)35-22(8-10-39-35)17-6-7-19(29)18(28)12-17/h5-7,12-16,22H,1,8-11H2,2-4H3,(H,33,36)(H,30,31,32)/t22-/m1/s1. The van der Waals surface area contributed by atoms with Gasteiger partial charge in [0.05, 0.1) is 48.5 Å². The molecule has 12 heteroatoms. The summed E-state index contributed by atoms with van der Waals surface area (Å²) in [6.45, 7) is 5.10. The van der Waals surface area contributed by atoms with E-state index in [1.54, 1.807) is 43.5 Å². The van der Waals surface area contributed by atoms with Gasteiger partial charge in [0.2, 0.25) is 5.91 Å². The first-order valence-electron chi connectivity index (χ1n) is 12.2. The summed E-state index contributed by atoms with van der Waals surface area (Å²) in [6.07, 6.45) is 3.29. The van der Waals surface area contributed by atoms with Crippen LogP contribution in [0.5, 0.6) is 5.75 Å². The minimum atomic E-state index is -0.479. The van der Waals surface area contributed by atoms with Crippen molar-refractivity contribution in [1.29, 1.82) is 0 Å². The quantitative estimate of drug-likeness (QED) is 0.312. The Morgan fingerprint density at radius 2 is 2.10 bits per heavy atom. The lowest BCUT2D eigenvalue weighted by atomic mass is 10.0. The molecule has 1 aliphatic heterocycles. The Hall–Kier alpha value is -3.93. The molecule has 1 atom stereocenters. The zero-order chi connectivity index (χ0) is 27.9. The first-order valence-corrected chi connectivity index (χ1v) is 12.5. The third-order valence-electron chi connectivity index (χ3n) is 6.18. The number of likely N-dealkylation sites (N-methyl/N-ethyl adjacent to an activating group) is 1. The Bertz CT molecular complexity index is 1340. The number of benzene rings is 2. The molecule has 1 amide bonds. The van der Waals surface area contributed by atoms with Gasteiger partial charge in [0.1, 0.15) is 23.7 Å². The summed E-state index contributed by atoms with van der Waals surface area (Å²) >= 11 is 6.02. The van der Waals surface area contributed by atoms with Crippen LogP contribution >= 0.6 is 11.6 Å². The topological polar surface area (TPSA) is 101 Å². The van der Waals surface area contributed by atoms with Crippen LogP contribution in [-0.4, -0.2) is 56.9 Å². The first-order chi connectivity index (χ1) is 18.8. The molecule has 0 saturated carbocycles. The van der Waals surface area contributed by atoms with Crippen LogP contribution in [0.15, 0.2) is 55.4 Å². The fourth-order valence-electron chi connectivity index (χ4n) is 4.18. The van der Waals surface area contributed by atoms with Gasteiger partial charge in [-0.15, -0.1) is 0 Å². The molecule has 1 fully saturated rings. The van der Waals surface area contributed by atoms with E-state index in [2.05, 4.69) is 27.2 Å². The fourth-order valence-corrected chi connectivity index (χ4v) is 4.36. The van der Waals surface area contributed by atoms with Crippen LogP contribution in [0.2, 0.25) is 5.02 Å². The van der Waals surface area contributed by atoms with Gasteiger partial charge in [-0.1, -0.05) is 24.2 Å². The van der Waals surface area contributed by atoms with Gasteiger partial charge in [0.25, 0.3) is 0 Å². The van der Waals surface area contributed by atoms with Gasteiger partial charge in [-0.3, -0.25) is 9.63 Å². The van der Waals surface area contributed by atoms with Crippen molar-refractivity contribution in [3.63, 3.8) is 0 Å². The fraction of sp³-hybridized carbons (Fsp3) is 0.296. The molecule has 0 bridgehead atoms. The lowest BCUT2D eigenvalue weighted by Crippen LogP contribution is -2.24. The van der Waals surface area contributed by atoms with Crippen LogP contribution in [0, 0.1) is 5.82 Å². The minimum Gasteiger partial charge on any atom is -0.494 e. The molecule has 206 valence electrons. The summed E-state index contributed by atoms with van der Waals surface area (Å²) in [5.74, 6) is 0.668. The number of aromatic nitrogens is 2. The Morgan fingerprint density at radius 3 is 2.82 bits per heavy atom. The average molecular weight is 557 g/mol. The van der Waals surface area contributed by atoms with E-state index in [0.29, 0.717) is 54.9 Å². The smallest absolute Gasteiger partial charge is 0.247 e. The Kier molecular flexibility index (Phi) is 9.18. The Labute approximate surface area is 231 Å². The molecule has 10 nitrogen and oxygen atoms in total. The van der Waals surface area contributed by atoms with Crippen molar-refractivity contribution in [3.8, 4) is 5.75 Å². The molecule has 0 radical (unpaired) electrons. The molecule has 1 saturated heterocycles. The van der Waals surface area contributed by atoms with Crippen molar-refractivity contribution in [2.45, 2.75) is 12.5 Å². The number of amides is 1. The summed E-state index contributed by atoms with van der Waals surface area (Å²) in [6, 6.07) is 9.72. The number of hydrogen-bond donors (Lipinski definition) is 2. The Balaban J connectivity index is 1.64. The summed E-state index contributed by atoms with van der Waals surface area (Å²) in [7, 11) is 5.08. The second kappa shape index (κ2) is 12.7. The molecule has 1 aromatic heterocycles. The van der Waals surface area contributed by atoms with Gasteiger partial charge < -0.3 is 25.0 Å². The van der Waals surface area contributed by atoms with Crippen LogP contribution in [-0.2, 0) is 14.4 Å². The molecular weight excluding hydrogens is 527 g/mol. The van der Waals surface area contributed by atoms with Crippen LogP contribution in [0.3, 0.4) is 0 Å². The lowest BCUT2D eigenvalue weighted by Gasteiger charge is -2.25. The summed E-state index contributed by atoms with van der Waals surface area (Å²) in [4.78, 5) is 28.7. The normalized spacial score (nSPS) is 14.7. The van der Waals surface area contributed by atoms with E-state index in [-0.39, 0.29) is 17.0 Å². The Morgan fingerprint density at radius 1 is 1.28 bits per heavy atom. The molecule has 3 aromatic rings. The molecule has 39 heavy (non-hydrogen) atoms. The molecule has 2 N–H and O–H groups in total. The van der Waals surface area contributed by atoms with Crippen LogP contribution in [0.4, 0.5) is 33.1 Å². The molecule has 2 aromatic carbocycles. The first kappa shape index (κ1) is 28.1. The summed E-state index contributed by atoms with van der Waals surface area (Å²) in [5.41, 5.74) is 2.66. The largest absolute Gasteiger partial charge is 0.494 e. The SMILES string of the molecule is C=CC(=O)Nc1cc(Nc2cc(N3OCC[C@@H]3c3ccc(F)c(Cl)c3)ncn2)c(OC)cc1N(C)CCOC. The molecule has 1 aliphatic rings. The van der Waals surface area contributed by atoms with E-state index < -0.39 is 5.82 Å². The number of ether oxygens (including phenoxy) is 2. The van der Waals surface area contributed by atoms with Crippen LogP contribution in [0.25, 0.3) is 0 Å². The van der Waals surface area contributed by atoms with Crippen molar-refractivity contribution in [1.82, 2.24) is 9.97 Å². The molecular formula is C27H30ClFN6O4. The van der Waals surface area contributed by atoms with Crippen molar-refractivity contribution in [3.05, 3.63) is 71.8 Å². The van der Waals surface area contributed by atoms with Crippen LogP contribution < -0.4 is 25.3 Å². The van der Waals surface area contributed by atoms with Gasteiger partial charge in [0, 0.05) is 39.3 Å². The second-order valence-corrected chi connectivity index (χ2v) is 9.11. The van der Waals surface area contributed by atoms with Gasteiger partial charge in [-0.05, 0) is 29.8 Å². The highest BCUT2D eigenvalue weighted by molar-refractivity contribution is 6.30. The van der Waals surface area contributed by atoms with E-state index in [1.807, 2.05) is 18.0 Å². The van der Waals surface area contributed by atoms with Gasteiger partial charge in [-0.25, -0.2) is 19.4 Å². The number of nitrogens with zero attached hydrogens (tertiary/aromatic N) is 4. The third-order valence-corrected chi connectivity index (χ3v) is 6.47. The maximum absolute atomic E-state index is 13.7. The van der Waals surface area contributed by atoms with E-state index in [1.165, 1.54) is 18.5 Å². The number of hydroxylamine groups is 1. The van der Waals surface area contributed by atoms with E-state index >= 15 is 0 Å². The monoisotopic (exact) mass is 556 g/mol. The van der Waals surface area contributed by atoms with Gasteiger partial charge in [-0.2, -0.15) is 0 Å². The highest BCUT2D eigenvalue weighted by Gasteiger charge is 2.30. The van der Waals surface area contributed by atoms with Crippen LogP contribution in [0.1, 0.15) is 18.0 Å². The lowest BCUT2D eigenvalue weighted by molar-refractivity contribution is -0.111. The predicted molar refractivity (Wildman–Crippen MR) is 149 cm³/mol. The number of carbonyl (C=O) groups excluding carboxylic acids is 1. The summed E-state index contributed by atoms with van der Waals surface area (Å²) in [5, 5.41) is 7.81.